The molecule has 2 rings (SSSR count). The fourth-order valence-corrected chi connectivity index (χ4v) is 2.56. The van der Waals surface area contributed by atoms with Gasteiger partial charge in [0.2, 0.25) is 0 Å². The molecule has 1 aromatic carbocycles. The maximum absolute atomic E-state index is 5.70. The maximum Gasteiger partial charge on any atom is 0.0895 e. The normalized spacial score (nSPS) is 12.4. The summed E-state index contributed by atoms with van der Waals surface area (Å²) in [6.07, 6.45) is 1.77. The molecule has 0 amide bonds. The van der Waals surface area contributed by atoms with Gasteiger partial charge >= 0.3 is 0 Å². The molecule has 94 valence electrons. The zero-order chi connectivity index (χ0) is 13.1. The summed E-state index contributed by atoms with van der Waals surface area (Å²) in [6.45, 7) is 4.17. The number of hydrazine groups is 1. The summed E-state index contributed by atoms with van der Waals surface area (Å²) in [5.41, 5.74) is 7.33. The van der Waals surface area contributed by atoms with E-state index >= 15 is 0 Å². The Morgan fingerprint density at radius 2 is 2.06 bits per heavy atom. The van der Waals surface area contributed by atoms with Crippen LogP contribution in [0.1, 0.15) is 28.4 Å². The molecular formula is C14H16BrN3. The number of rotatable bonds is 3. The first kappa shape index (κ1) is 13.2. The van der Waals surface area contributed by atoms with Crippen molar-refractivity contribution in [2.45, 2.75) is 19.9 Å². The molecule has 3 nitrogen and oxygen atoms in total. The number of hydrogen-bond donors (Lipinski definition) is 2. The van der Waals surface area contributed by atoms with E-state index in [0.717, 1.165) is 15.7 Å². The van der Waals surface area contributed by atoms with Crippen molar-refractivity contribution in [3.8, 4) is 0 Å². The molecule has 0 bridgehead atoms. The Kier molecular flexibility index (Phi) is 4.11. The number of nitrogens with two attached hydrogens (primary N) is 1. The topological polar surface area (TPSA) is 50.9 Å². The van der Waals surface area contributed by atoms with Gasteiger partial charge in [-0.3, -0.25) is 10.8 Å². The maximum atomic E-state index is 5.70. The molecule has 1 aromatic heterocycles. The van der Waals surface area contributed by atoms with E-state index in [1.165, 1.54) is 11.1 Å². The van der Waals surface area contributed by atoms with E-state index in [1.54, 1.807) is 6.20 Å². The lowest BCUT2D eigenvalue weighted by molar-refractivity contribution is 0.615. The minimum absolute atomic E-state index is 0.110. The van der Waals surface area contributed by atoms with Gasteiger partial charge in [-0.15, -0.1) is 0 Å². The highest BCUT2D eigenvalue weighted by Crippen LogP contribution is 2.28. The minimum atomic E-state index is -0.110. The van der Waals surface area contributed by atoms with E-state index in [9.17, 15) is 0 Å². The average molecular weight is 306 g/mol. The Morgan fingerprint density at radius 1 is 1.28 bits per heavy atom. The molecule has 2 aromatic rings. The predicted octanol–water partition coefficient (Wildman–Crippen LogP) is 3.01. The first-order valence-electron chi connectivity index (χ1n) is 5.77. The van der Waals surface area contributed by atoms with Crippen molar-refractivity contribution < 1.29 is 0 Å². The third kappa shape index (κ3) is 2.61. The Morgan fingerprint density at radius 3 is 2.67 bits per heavy atom. The highest BCUT2D eigenvalue weighted by molar-refractivity contribution is 9.10. The molecule has 0 aliphatic heterocycles. The Bertz CT molecular complexity index is 554. The minimum Gasteiger partial charge on any atom is -0.271 e. The largest absolute Gasteiger partial charge is 0.271 e. The second kappa shape index (κ2) is 5.61. The van der Waals surface area contributed by atoms with Crippen LogP contribution in [-0.2, 0) is 0 Å². The van der Waals surface area contributed by atoms with Gasteiger partial charge in [-0.05, 0) is 53.0 Å². The van der Waals surface area contributed by atoms with Gasteiger partial charge in [0.25, 0.3) is 0 Å². The summed E-state index contributed by atoms with van der Waals surface area (Å²) >= 11 is 3.52. The molecule has 0 saturated heterocycles. The zero-order valence-electron chi connectivity index (χ0n) is 10.4. The molecule has 0 aliphatic carbocycles. The van der Waals surface area contributed by atoms with Crippen molar-refractivity contribution in [1.29, 1.82) is 0 Å². The van der Waals surface area contributed by atoms with Gasteiger partial charge in [0.15, 0.2) is 0 Å². The quantitative estimate of drug-likeness (QED) is 0.677. The van der Waals surface area contributed by atoms with E-state index in [0.29, 0.717) is 0 Å². The van der Waals surface area contributed by atoms with Crippen molar-refractivity contribution in [3.63, 3.8) is 0 Å². The third-order valence-corrected chi connectivity index (χ3v) is 3.63. The van der Waals surface area contributed by atoms with Gasteiger partial charge < -0.3 is 0 Å². The summed E-state index contributed by atoms with van der Waals surface area (Å²) in [6, 6.07) is 10.1. The second-order valence-electron chi connectivity index (χ2n) is 4.33. The van der Waals surface area contributed by atoms with E-state index in [2.05, 4.69) is 58.4 Å². The molecular weight excluding hydrogens is 290 g/mol. The van der Waals surface area contributed by atoms with E-state index in [-0.39, 0.29) is 6.04 Å². The molecule has 0 spiro atoms. The van der Waals surface area contributed by atoms with Gasteiger partial charge in [0.1, 0.15) is 0 Å². The molecule has 3 N–H and O–H groups in total. The van der Waals surface area contributed by atoms with Crippen LogP contribution in [0.4, 0.5) is 0 Å². The fourth-order valence-electron chi connectivity index (χ4n) is 2.08. The van der Waals surface area contributed by atoms with E-state index < -0.39 is 0 Å². The van der Waals surface area contributed by atoms with Gasteiger partial charge in [0.05, 0.1) is 11.7 Å². The Hall–Kier alpha value is -1.23. The number of pyridine rings is 1. The summed E-state index contributed by atoms with van der Waals surface area (Å²) < 4.78 is 0.952. The van der Waals surface area contributed by atoms with Crippen molar-refractivity contribution in [1.82, 2.24) is 10.4 Å². The predicted molar refractivity (Wildman–Crippen MR) is 77.0 cm³/mol. The standard InChI is InChI=1S/C14H16BrN3/c1-9-5-6-11(10(2)8-9)13(18-16)14-12(15)4-3-7-17-14/h3-8,13,18H,16H2,1-2H3. The van der Waals surface area contributed by atoms with Crippen LogP contribution in [0.5, 0.6) is 0 Å². The van der Waals surface area contributed by atoms with Gasteiger partial charge in [-0.2, -0.15) is 0 Å². The lowest BCUT2D eigenvalue weighted by Gasteiger charge is -2.19. The molecule has 1 heterocycles. The van der Waals surface area contributed by atoms with Gasteiger partial charge in [0, 0.05) is 10.7 Å². The first-order chi connectivity index (χ1) is 8.63. The number of halogens is 1. The van der Waals surface area contributed by atoms with Crippen LogP contribution >= 0.6 is 15.9 Å². The Labute approximate surface area is 116 Å². The summed E-state index contributed by atoms with van der Waals surface area (Å²) in [4.78, 5) is 4.40. The molecule has 0 fully saturated rings. The molecule has 1 atom stereocenters. The number of aryl methyl sites for hydroxylation is 2. The van der Waals surface area contributed by atoms with Crippen LogP contribution in [0.15, 0.2) is 41.0 Å². The van der Waals surface area contributed by atoms with Crippen LogP contribution in [0.3, 0.4) is 0 Å². The molecule has 0 aliphatic rings. The Balaban J connectivity index is 2.49. The number of benzene rings is 1. The average Bonchev–Trinajstić information content (AvgIpc) is 2.34. The molecule has 0 radical (unpaired) electrons. The smallest absolute Gasteiger partial charge is 0.0895 e. The molecule has 1 unspecified atom stereocenters. The van der Waals surface area contributed by atoms with Crippen LogP contribution in [0.2, 0.25) is 0 Å². The van der Waals surface area contributed by atoms with E-state index in [4.69, 9.17) is 5.84 Å². The first-order valence-corrected chi connectivity index (χ1v) is 6.56. The number of aromatic nitrogens is 1. The fraction of sp³-hybridized carbons (Fsp3) is 0.214. The van der Waals surface area contributed by atoms with Crippen LogP contribution in [0, 0.1) is 13.8 Å². The number of hydrogen-bond acceptors (Lipinski definition) is 3. The summed E-state index contributed by atoms with van der Waals surface area (Å²) in [5.74, 6) is 5.70. The zero-order valence-corrected chi connectivity index (χ0v) is 12.0. The van der Waals surface area contributed by atoms with Gasteiger partial charge in [-0.1, -0.05) is 23.8 Å². The van der Waals surface area contributed by atoms with Crippen LogP contribution in [0.25, 0.3) is 0 Å². The molecule has 4 heteroatoms. The number of nitrogens with one attached hydrogen (secondary N) is 1. The number of nitrogens with zero attached hydrogens (tertiary/aromatic N) is 1. The van der Waals surface area contributed by atoms with E-state index in [1.807, 2.05) is 12.1 Å². The SMILES string of the molecule is Cc1ccc(C(NN)c2ncccc2Br)c(C)c1. The molecule has 18 heavy (non-hydrogen) atoms. The van der Waals surface area contributed by atoms with Crippen LogP contribution in [-0.4, -0.2) is 4.98 Å². The van der Waals surface area contributed by atoms with Gasteiger partial charge in [-0.25, -0.2) is 5.43 Å². The van der Waals surface area contributed by atoms with Crippen LogP contribution < -0.4 is 11.3 Å². The van der Waals surface area contributed by atoms with Crippen molar-refractivity contribution in [3.05, 3.63) is 63.4 Å². The lowest BCUT2D eigenvalue weighted by Crippen LogP contribution is -2.30. The van der Waals surface area contributed by atoms with Crippen molar-refractivity contribution >= 4 is 15.9 Å². The lowest BCUT2D eigenvalue weighted by atomic mass is 9.97. The van der Waals surface area contributed by atoms with Crippen molar-refractivity contribution in [2.75, 3.05) is 0 Å². The highest BCUT2D eigenvalue weighted by Gasteiger charge is 2.18. The third-order valence-electron chi connectivity index (χ3n) is 2.96. The monoisotopic (exact) mass is 305 g/mol. The summed E-state index contributed by atoms with van der Waals surface area (Å²) in [7, 11) is 0. The molecule has 0 saturated carbocycles. The summed E-state index contributed by atoms with van der Waals surface area (Å²) in [5, 5.41) is 0. The second-order valence-corrected chi connectivity index (χ2v) is 5.18. The van der Waals surface area contributed by atoms with Crippen molar-refractivity contribution in [2.24, 2.45) is 5.84 Å². The highest BCUT2D eigenvalue weighted by atomic mass is 79.9.